The number of aromatic nitrogens is 1. The van der Waals surface area contributed by atoms with Crippen molar-refractivity contribution < 1.29 is 5.11 Å². The molecule has 0 saturated carbocycles. The molecular weight excluding hydrogens is 236 g/mol. The molecule has 1 heterocycles. The summed E-state index contributed by atoms with van der Waals surface area (Å²) in [4.78, 5) is 4.33. The lowest BCUT2D eigenvalue weighted by molar-refractivity contribution is 0.474. The molecule has 0 aliphatic carbocycles. The Hall–Kier alpha value is -2.55. The average molecular weight is 250 g/mol. The van der Waals surface area contributed by atoms with Gasteiger partial charge in [-0.2, -0.15) is 0 Å². The van der Waals surface area contributed by atoms with Crippen molar-refractivity contribution in [2.75, 3.05) is 5.32 Å². The first kappa shape index (κ1) is 11.5. The fourth-order valence-corrected chi connectivity index (χ4v) is 2.12. The molecule has 0 fully saturated rings. The molecule has 0 spiro atoms. The fourth-order valence-electron chi connectivity index (χ4n) is 2.12. The molecule has 0 saturated heterocycles. The average Bonchev–Trinajstić information content (AvgIpc) is 2.45. The summed E-state index contributed by atoms with van der Waals surface area (Å²) in [5.41, 5.74) is 3.07. The van der Waals surface area contributed by atoms with E-state index < -0.39 is 0 Å². The van der Waals surface area contributed by atoms with Crippen LogP contribution in [0.4, 0.5) is 5.69 Å². The van der Waals surface area contributed by atoms with Crippen molar-refractivity contribution in [3.63, 3.8) is 0 Å². The van der Waals surface area contributed by atoms with Gasteiger partial charge >= 0.3 is 0 Å². The largest absolute Gasteiger partial charge is 0.508 e. The SMILES string of the molecule is Oc1cccc(CNc2cccc3ncccc23)c1. The van der Waals surface area contributed by atoms with Gasteiger partial charge in [-0.1, -0.05) is 18.2 Å². The summed E-state index contributed by atoms with van der Waals surface area (Å²) in [6.45, 7) is 0.669. The van der Waals surface area contributed by atoms with Gasteiger partial charge in [0.25, 0.3) is 0 Å². The highest BCUT2D eigenvalue weighted by Crippen LogP contribution is 2.22. The number of hydrogen-bond donors (Lipinski definition) is 2. The molecule has 3 nitrogen and oxygen atoms in total. The van der Waals surface area contributed by atoms with Crippen LogP contribution in [0.15, 0.2) is 60.8 Å². The zero-order valence-corrected chi connectivity index (χ0v) is 10.4. The second-order valence-electron chi connectivity index (χ2n) is 4.40. The molecule has 0 aliphatic heterocycles. The number of rotatable bonds is 3. The predicted molar refractivity (Wildman–Crippen MR) is 77.2 cm³/mol. The van der Waals surface area contributed by atoms with Crippen LogP contribution in [0.1, 0.15) is 5.56 Å². The van der Waals surface area contributed by atoms with E-state index in [2.05, 4.69) is 10.3 Å². The Balaban J connectivity index is 1.86. The van der Waals surface area contributed by atoms with Gasteiger partial charge in [-0.15, -0.1) is 0 Å². The Morgan fingerprint density at radius 2 is 1.89 bits per heavy atom. The molecule has 2 N–H and O–H groups in total. The molecule has 19 heavy (non-hydrogen) atoms. The topological polar surface area (TPSA) is 45.1 Å². The van der Waals surface area contributed by atoms with E-state index in [-0.39, 0.29) is 0 Å². The van der Waals surface area contributed by atoms with Crippen molar-refractivity contribution in [1.29, 1.82) is 0 Å². The van der Waals surface area contributed by atoms with E-state index in [9.17, 15) is 5.11 Å². The highest BCUT2D eigenvalue weighted by Gasteiger charge is 2.01. The van der Waals surface area contributed by atoms with Crippen LogP contribution in [0.3, 0.4) is 0 Å². The van der Waals surface area contributed by atoms with E-state index >= 15 is 0 Å². The zero-order valence-electron chi connectivity index (χ0n) is 10.4. The molecule has 94 valence electrons. The molecule has 0 radical (unpaired) electrons. The summed E-state index contributed by atoms with van der Waals surface area (Å²) < 4.78 is 0. The Bertz CT molecular complexity index is 704. The first-order valence-corrected chi connectivity index (χ1v) is 6.18. The van der Waals surface area contributed by atoms with Crippen LogP contribution in [0, 0.1) is 0 Å². The van der Waals surface area contributed by atoms with Crippen molar-refractivity contribution in [3.8, 4) is 5.75 Å². The van der Waals surface area contributed by atoms with Gasteiger partial charge in [0.1, 0.15) is 5.75 Å². The van der Waals surface area contributed by atoms with Crippen molar-refractivity contribution >= 4 is 16.6 Å². The lowest BCUT2D eigenvalue weighted by Crippen LogP contribution is -1.99. The van der Waals surface area contributed by atoms with Crippen molar-refractivity contribution in [1.82, 2.24) is 4.98 Å². The number of aromatic hydroxyl groups is 1. The predicted octanol–water partition coefficient (Wildman–Crippen LogP) is 3.55. The summed E-state index contributed by atoms with van der Waals surface area (Å²) >= 11 is 0. The van der Waals surface area contributed by atoms with Gasteiger partial charge in [0.05, 0.1) is 5.52 Å². The Morgan fingerprint density at radius 1 is 1.00 bits per heavy atom. The van der Waals surface area contributed by atoms with E-state index in [1.165, 1.54) is 0 Å². The molecule has 0 aliphatic rings. The number of pyridine rings is 1. The van der Waals surface area contributed by atoms with E-state index in [0.717, 1.165) is 22.2 Å². The molecule has 0 amide bonds. The highest BCUT2D eigenvalue weighted by molar-refractivity contribution is 5.91. The standard InChI is InChI=1S/C16H14N2O/c19-13-5-1-4-12(10-13)11-18-16-8-2-7-15-14(16)6-3-9-17-15/h1-10,18-19H,11H2. The van der Waals surface area contributed by atoms with E-state index in [4.69, 9.17) is 0 Å². The number of nitrogens with zero attached hydrogens (tertiary/aromatic N) is 1. The summed E-state index contributed by atoms with van der Waals surface area (Å²) in [5, 5.41) is 13.9. The van der Waals surface area contributed by atoms with Crippen LogP contribution in [0.25, 0.3) is 10.9 Å². The maximum Gasteiger partial charge on any atom is 0.115 e. The van der Waals surface area contributed by atoms with Crippen molar-refractivity contribution in [3.05, 3.63) is 66.4 Å². The first-order valence-electron chi connectivity index (χ1n) is 6.18. The quantitative estimate of drug-likeness (QED) is 0.747. The van der Waals surface area contributed by atoms with Crippen LogP contribution in [-0.4, -0.2) is 10.1 Å². The van der Waals surface area contributed by atoms with Gasteiger partial charge < -0.3 is 10.4 Å². The van der Waals surface area contributed by atoms with Crippen LogP contribution in [0.2, 0.25) is 0 Å². The molecule has 0 unspecified atom stereocenters. The minimum Gasteiger partial charge on any atom is -0.508 e. The summed E-state index contributed by atoms with van der Waals surface area (Å²) in [6, 6.07) is 17.3. The zero-order chi connectivity index (χ0) is 13.1. The normalized spacial score (nSPS) is 10.5. The highest BCUT2D eigenvalue weighted by atomic mass is 16.3. The molecule has 3 rings (SSSR count). The summed E-state index contributed by atoms with van der Waals surface area (Å²) in [6.07, 6.45) is 1.79. The molecule has 0 atom stereocenters. The van der Waals surface area contributed by atoms with Gasteiger partial charge in [-0.3, -0.25) is 4.98 Å². The number of benzene rings is 2. The minimum absolute atomic E-state index is 0.291. The Kier molecular flexibility index (Phi) is 3.02. The van der Waals surface area contributed by atoms with Gasteiger partial charge in [0.2, 0.25) is 0 Å². The van der Waals surface area contributed by atoms with Gasteiger partial charge in [0, 0.05) is 23.8 Å². The van der Waals surface area contributed by atoms with Crippen LogP contribution in [-0.2, 0) is 6.54 Å². The lowest BCUT2D eigenvalue weighted by Gasteiger charge is -2.09. The number of phenols is 1. The van der Waals surface area contributed by atoms with Crippen LogP contribution >= 0.6 is 0 Å². The number of nitrogens with one attached hydrogen (secondary N) is 1. The van der Waals surface area contributed by atoms with Crippen LogP contribution < -0.4 is 5.32 Å². The molecular formula is C16H14N2O. The van der Waals surface area contributed by atoms with E-state index in [1.54, 1.807) is 18.3 Å². The van der Waals surface area contributed by atoms with E-state index in [0.29, 0.717) is 12.3 Å². The third kappa shape index (κ3) is 2.50. The smallest absolute Gasteiger partial charge is 0.115 e. The first-order chi connectivity index (χ1) is 9.33. The van der Waals surface area contributed by atoms with Crippen molar-refractivity contribution in [2.24, 2.45) is 0 Å². The maximum absolute atomic E-state index is 9.44. The van der Waals surface area contributed by atoms with Crippen LogP contribution in [0.5, 0.6) is 5.75 Å². The Morgan fingerprint density at radius 3 is 2.79 bits per heavy atom. The lowest BCUT2D eigenvalue weighted by atomic mass is 10.1. The Labute approximate surface area is 111 Å². The second-order valence-corrected chi connectivity index (χ2v) is 4.40. The molecule has 1 aromatic heterocycles. The monoisotopic (exact) mass is 250 g/mol. The molecule has 2 aromatic carbocycles. The maximum atomic E-state index is 9.44. The minimum atomic E-state index is 0.291. The third-order valence-corrected chi connectivity index (χ3v) is 3.04. The third-order valence-electron chi connectivity index (χ3n) is 3.04. The number of hydrogen-bond acceptors (Lipinski definition) is 3. The number of phenolic OH excluding ortho intramolecular Hbond substituents is 1. The summed E-state index contributed by atoms with van der Waals surface area (Å²) in [7, 11) is 0. The van der Waals surface area contributed by atoms with Gasteiger partial charge in [-0.25, -0.2) is 0 Å². The molecule has 3 heteroatoms. The number of fused-ring (bicyclic) bond motifs is 1. The summed E-state index contributed by atoms with van der Waals surface area (Å²) in [5.74, 6) is 0.291. The van der Waals surface area contributed by atoms with Crippen molar-refractivity contribution in [2.45, 2.75) is 6.54 Å². The molecule has 0 bridgehead atoms. The number of anilines is 1. The molecule has 3 aromatic rings. The van der Waals surface area contributed by atoms with E-state index in [1.807, 2.05) is 42.5 Å². The second kappa shape index (κ2) is 4.98. The fraction of sp³-hybridized carbons (Fsp3) is 0.0625. The van der Waals surface area contributed by atoms with Gasteiger partial charge in [0.15, 0.2) is 0 Å². The van der Waals surface area contributed by atoms with Gasteiger partial charge in [-0.05, 0) is 42.0 Å².